The van der Waals surface area contributed by atoms with Crippen molar-refractivity contribution in [1.29, 1.82) is 0 Å². The Balaban J connectivity index is 0. The Bertz CT molecular complexity index is 923. The van der Waals surface area contributed by atoms with Crippen molar-refractivity contribution in [2.75, 3.05) is 6.61 Å². The summed E-state index contributed by atoms with van der Waals surface area (Å²) in [6, 6.07) is 31.5. The van der Waals surface area contributed by atoms with Crippen LogP contribution in [0.4, 0.5) is 0 Å². The summed E-state index contributed by atoms with van der Waals surface area (Å²) in [7, 11) is 0. The number of carboxylic acids is 3. The Morgan fingerprint density at radius 2 is 1.09 bits per heavy atom. The first-order chi connectivity index (χ1) is 16.1. The van der Waals surface area contributed by atoms with E-state index in [1.54, 1.807) is 0 Å². The fraction of sp³-hybridized carbons (Fsp3) is 0.148. The summed E-state index contributed by atoms with van der Waals surface area (Å²) in [6.07, 6.45) is 2.12. The maximum absolute atomic E-state index is 8.89. The molecule has 0 bridgehead atoms. The van der Waals surface area contributed by atoms with Crippen molar-refractivity contribution >= 4 is 50.8 Å². The Morgan fingerprint density at radius 3 is 1.43 bits per heavy atom. The molecule has 0 spiro atoms. The summed E-state index contributed by atoms with van der Waals surface area (Å²) < 4.78 is 5.75. The molecule has 183 valence electrons. The first kappa shape index (κ1) is 33.7. The number of ether oxygens (including phenoxy) is 1. The quantitative estimate of drug-likeness (QED) is 0.369. The number of carbonyl (C=O) groups excluding carboxylic acids is 3. The van der Waals surface area contributed by atoms with Crippen LogP contribution in [0.15, 0.2) is 91.0 Å². The second kappa shape index (κ2) is 21.1. The summed E-state index contributed by atoms with van der Waals surface area (Å²) in [5.74, 6) is -2.49. The summed E-state index contributed by atoms with van der Waals surface area (Å²) in [5, 5.41) is 26.7. The SMILES string of the molecule is CC(=O)[O-].CC(=O)[O-].CC(=O)[O-].[Pb].[c]1ccccc1OCC=C(c1ccccc1)c1ccccc1. The van der Waals surface area contributed by atoms with Gasteiger partial charge in [-0.15, -0.1) is 0 Å². The van der Waals surface area contributed by atoms with E-state index in [0.717, 1.165) is 26.5 Å². The second-order valence-corrected chi connectivity index (χ2v) is 6.36. The van der Waals surface area contributed by atoms with E-state index in [0.29, 0.717) is 6.61 Å². The smallest absolute Gasteiger partial charge is 0.127 e. The van der Waals surface area contributed by atoms with Gasteiger partial charge in [0, 0.05) is 51.3 Å². The van der Waals surface area contributed by atoms with Gasteiger partial charge in [0.25, 0.3) is 0 Å². The molecule has 8 heteroatoms. The molecule has 35 heavy (non-hydrogen) atoms. The number of aliphatic carboxylic acids is 3. The molecule has 3 aromatic rings. The van der Waals surface area contributed by atoms with Crippen LogP contribution in [0.25, 0.3) is 5.57 Å². The minimum atomic E-state index is -1.08. The predicted molar refractivity (Wildman–Crippen MR) is 129 cm³/mol. The number of hydrogen-bond acceptors (Lipinski definition) is 7. The summed E-state index contributed by atoms with van der Waals surface area (Å²) in [4.78, 5) is 26.7. The molecule has 0 fully saturated rings. The van der Waals surface area contributed by atoms with Crippen LogP contribution in [0, 0.1) is 6.07 Å². The van der Waals surface area contributed by atoms with E-state index < -0.39 is 17.9 Å². The van der Waals surface area contributed by atoms with Crippen molar-refractivity contribution in [2.45, 2.75) is 20.8 Å². The molecule has 3 aromatic carbocycles. The summed E-state index contributed by atoms with van der Waals surface area (Å²) >= 11 is 0. The van der Waals surface area contributed by atoms with Gasteiger partial charge in [-0.1, -0.05) is 78.9 Å². The molecule has 5 radical (unpaired) electrons. The zero-order chi connectivity index (χ0) is 25.8. The largest absolute Gasteiger partial charge is 0.550 e. The van der Waals surface area contributed by atoms with Gasteiger partial charge < -0.3 is 34.4 Å². The first-order valence-corrected chi connectivity index (χ1v) is 10.1. The van der Waals surface area contributed by atoms with Gasteiger partial charge in [0.1, 0.15) is 12.4 Å². The average molecular weight is 670 g/mol. The number of carboxylic acid groups (broad SMARTS) is 3. The van der Waals surface area contributed by atoms with Crippen molar-refractivity contribution in [3.8, 4) is 5.75 Å². The van der Waals surface area contributed by atoms with Crippen molar-refractivity contribution in [3.63, 3.8) is 0 Å². The van der Waals surface area contributed by atoms with Crippen LogP contribution in [-0.2, 0) is 14.4 Å². The van der Waals surface area contributed by atoms with Gasteiger partial charge in [-0.05, 0) is 49.6 Å². The molecule has 7 nitrogen and oxygen atoms in total. The summed E-state index contributed by atoms with van der Waals surface area (Å²) in [6.45, 7) is 3.43. The van der Waals surface area contributed by atoms with Crippen LogP contribution in [-0.4, -0.2) is 51.8 Å². The van der Waals surface area contributed by atoms with Gasteiger partial charge in [0.15, 0.2) is 0 Å². The summed E-state index contributed by atoms with van der Waals surface area (Å²) in [5.41, 5.74) is 3.56. The van der Waals surface area contributed by atoms with Crippen LogP contribution < -0.4 is 20.1 Å². The Labute approximate surface area is 225 Å². The third-order valence-corrected chi connectivity index (χ3v) is 3.38. The molecular weight excluding hydrogens is 643 g/mol. The van der Waals surface area contributed by atoms with Gasteiger partial charge in [-0.25, -0.2) is 0 Å². The second-order valence-electron chi connectivity index (χ2n) is 6.36. The number of hydrogen-bond donors (Lipinski definition) is 0. The Morgan fingerprint density at radius 1 is 0.714 bits per heavy atom. The fourth-order valence-electron chi connectivity index (χ4n) is 2.32. The molecule has 3 rings (SSSR count). The molecule has 0 aliphatic heterocycles. The molecule has 0 heterocycles. The molecule has 0 aromatic heterocycles. The molecule has 0 saturated carbocycles. The van der Waals surface area contributed by atoms with Crippen LogP contribution in [0.3, 0.4) is 0 Å². The predicted octanol–water partition coefficient (Wildman–Crippen LogP) is 0.885. The third kappa shape index (κ3) is 20.8. The van der Waals surface area contributed by atoms with E-state index in [1.165, 1.54) is 16.7 Å². The number of para-hydroxylation sites is 1. The van der Waals surface area contributed by atoms with Crippen LogP contribution in [0.5, 0.6) is 5.75 Å². The van der Waals surface area contributed by atoms with Gasteiger partial charge in [0.05, 0.1) is 0 Å². The van der Waals surface area contributed by atoms with Crippen molar-refractivity contribution in [3.05, 3.63) is 108 Å². The molecule has 0 aliphatic carbocycles. The zero-order valence-electron chi connectivity index (χ0n) is 19.7. The van der Waals surface area contributed by atoms with Crippen molar-refractivity contribution < 1.29 is 34.4 Å². The number of benzene rings is 3. The maximum atomic E-state index is 8.89. The zero-order valence-corrected chi connectivity index (χ0v) is 23.6. The van der Waals surface area contributed by atoms with Gasteiger partial charge >= 0.3 is 0 Å². The minimum Gasteiger partial charge on any atom is -0.550 e. The van der Waals surface area contributed by atoms with Gasteiger partial charge in [-0.3, -0.25) is 0 Å². The van der Waals surface area contributed by atoms with Crippen LogP contribution in [0.2, 0.25) is 0 Å². The van der Waals surface area contributed by atoms with Crippen molar-refractivity contribution in [1.82, 2.24) is 0 Å². The van der Waals surface area contributed by atoms with E-state index in [4.69, 9.17) is 34.4 Å². The van der Waals surface area contributed by atoms with Crippen molar-refractivity contribution in [2.24, 2.45) is 0 Å². The van der Waals surface area contributed by atoms with E-state index in [9.17, 15) is 0 Å². The van der Waals surface area contributed by atoms with Gasteiger partial charge in [0.2, 0.25) is 0 Å². The van der Waals surface area contributed by atoms with Gasteiger partial charge in [-0.2, -0.15) is 0 Å². The van der Waals surface area contributed by atoms with E-state index in [2.05, 4.69) is 60.7 Å². The average Bonchev–Trinajstić information content (AvgIpc) is 2.78. The van der Waals surface area contributed by atoms with Crippen LogP contribution in [0.1, 0.15) is 31.9 Å². The molecule has 0 saturated heterocycles. The Hall–Kier alpha value is -3.47. The third-order valence-electron chi connectivity index (χ3n) is 3.38. The number of carbonyl (C=O) groups is 3. The molecule has 0 aliphatic rings. The van der Waals surface area contributed by atoms with E-state index in [-0.39, 0.29) is 27.3 Å². The molecule has 0 N–H and O–H groups in total. The minimum absolute atomic E-state index is 0. The van der Waals surface area contributed by atoms with Crippen LogP contribution >= 0.6 is 0 Å². The molecule has 0 unspecified atom stereocenters. The van der Waals surface area contributed by atoms with E-state index >= 15 is 0 Å². The molecule has 0 atom stereocenters. The van der Waals surface area contributed by atoms with E-state index in [1.807, 2.05) is 36.4 Å². The fourth-order valence-corrected chi connectivity index (χ4v) is 2.32. The Kier molecular flexibility index (Phi) is 20.3. The molecular formula is C27H26O7Pb-3. The monoisotopic (exact) mass is 670 g/mol. The normalized spacial score (nSPS) is 8.43. The maximum Gasteiger partial charge on any atom is 0.127 e. The molecule has 0 amide bonds. The first-order valence-electron chi connectivity index (χ1n) is 10.1. The topological polar surface area (TPSA) is 130 Å². The standard InChI is InChI=1S/C21H17O.3C2H4O2.Pb/c1-4-10-18(11-5-1)21(19-12-6-2-7-13-19)16-17-22-20-14-8-3-9-15-20;3*1-2(3)4;/h1-14,16H,17H2;3*1H3,(H,3,4);/p-3. The number of rotatable bonds is 5.